The number of carbonyl (C=O) groups is 4. The molecule has 0 fully saturated rings. The molecular weight excluding hydrogens is 463 g/mol. The molecule has 4 N–H and O–H groups in total. The van der Waals surface area contributed by atoms with Crippen LogP contribution in [0.1, 0.15) is 53.4 Å². The molecule has 9 heteroatoms. The standard InChI is InChI=1S/2C5H6O4.2C4H9.Sn/c2*1-3(5(8)9)2-4(6)7;2*1-3-4-2;/h2*2H,1H3,(H,6,7)(H,8,9);2*1,3-4H2,2H3;/b2*3-2-;;;. The Balaban J connectivity index is -0.000000320. The van der Waals surface area contributed by atoms with Crippen LogP contribution < -0.4 is 0 Å². The van der Waals surface area contributed by atoms with Crippen molar-refractivity contribution in [1.29, 1.82) is 0 Å². The van der Waals surface area contributed by atoms with Crippen molar-refractivity contribution < 1.29 is 39.6 Å². The molecule has 0 bridgehead atoms. The molecule has 8 nitrogen and oxygen atoms in total. The Bertz CT molecular complexity index is 477. The van der Waals surface area contributed by atoms with Gasteiger partial charge in [0.25, 0.3) is 0 Å². The van der Waals surface area contributed by atoms with E-state index in [0.29, 0.717) is 12.2 Å². The third kappa shape index (κ3) is 29.2. The van der Waals surface area contributed by atoms with Gasteiger partial charge >= 0.3 is 93.4 Å². The second-order valence-electron chi connectivity index (χ2n) is 5.40. The van der Waals surface area contributed by atoms with Crippen LogP contribution in [0.4, 0.5) is 0 Å². The van der Waals surface area contributed by atoms with E-state index < -0.39 is 23.9 Å². The van der Waals surface area contributed by atoms with Gasteiger partial charge in [0.1, 0.15) is 0 Å². The number of aliphatic carboxylic acids is 4. The second-order valence-corrected chi connectivity index (χ2v) is 9.68. The fourth-order valence-electron chi connectivity index (χ4n) is 1.22. The van der Waals surface area contributed by atoms with Crippen LogP contribution in [0.25, 0.3) is 0 Å². The minimum absolute atomic E-state index is 0.149. The molecule has 27 heavy (non-hydrogen) atoms. The summed E-state index contributed by atoms with van der Waals surface area (Å²) in [6.45, 7) is 7.02. The number of hydrogen-bond acceptors (Lipinski definition) is 4. The summed E-state index contributed by atoms with van der Waals surface area (Å²) in [7, 11) is 0. The molecule has 2 radical (unpaired) electrons. The average Bonchev–Trinajstić information content (AvgIpc) is 2.54. The SMILES string of the molecule is C/C(=C/C(=O)O)C(=O)O.C/C(=C/C(=O)O)C(=O)O.CCC[CH2][Sn][CH2]CCC. The molecule has 0 aromatic carbocycles. The number of carboxylic acid groups (broad SMARTS) is 4. The van der Waals surface area contributed by atoms with Gasteiger partial charge in [-0.05, 0) is 13.8 Å². The van der Waals surface area contributed by atoms with E-state index in [0.717, 1.165) is 0 Å². The van der Waals surface area contributed by atoms with Crippen molar-refractivity contribution in [2.75, 3.05) is 0 Å². The van der Waals surface area contributed by atoms with Gasteiger partial charge in [-0.15, -0.1) is 0 Å². The molecule has 0 spiro atoms. The van der Waals surface area contributed by atoms with Crippen molar-refractivity contribution in [1.82, 2.24) is 0 Å². The molecule has 0 aliphatic heterocycles. The third-order valence-electron chi connectivity index (χ3n) is 2.77. The molecule has 0 aliphatic rings. The second kappa shape index (κ2) is 20.5. The first-order chi connectivity index (χ1) is 12.5. The predicted molar refractivity (Wildman–Crippen MR) is 103 cm³/mol. The van der Waals surface area contributed by atoms with E-state index in [1.54, 1.807) is 8.87 Å². The van der Waals surface area contributed by atoms with Crippen LogP contribution in [0.5, 0.6) is 0 Å². The van der Waals surface area contributed by atoms with Gasteiger partial charge in [0, 0.05) is 23.3 Å². The Morgan fingerprint density at radius 2 is 1.00 bits per heavy atom. The first kappa shape index (κ1) is 29.9. The van der Waals surface area contributed by atoms with Gasteiger partial charge in [-0.2, -0.15) is 0 Å². The van der Waals surface area contributed by atoms with E-state index in [2.05, 4.69) is 13.8 Å². The summed E-state index contributed by atoms with van der Waals surface area (Å²) in [5.74, 6) is -4.90. The summed E-state index contributed by atoms with van der Waals surface area (Å²) in [5, 5.41) is 32.2. The van der Waals surface area contributed by atoms with Crippen molar-refractivity contribution in [2.24, 2.45) is 0 Å². The van der Waals surface area contributed by atoms with Crippen LogP contribution in [-0.2, 0) is 19.2 Å². The zero-order chi connectivity index (χ0) is 21.8. The predicted octanol–water partition coefficient (Wildman–Crippen LogP) is 3.33. The van der Waals surface area contributed by atoms with Gasteiger partial charge < -0.3 is 20.4 Å². The normalized spacial score (nSPS) is 10.7. The third-order valence-corrected chi connectivity index (χ3v) is 6.81. The quantitative estimate of drug-likeness (QED) is 0.206. The maximum absolute atomic E-state index is 9.90. The van der Waals surface area contributed by atoms with Gasteiger partial charge in [-0.25, -0.2) is 19.2 Å². The van der Waals surface area contributed by atoms with Crippen LogP contribution in [-0.4, -0.2) is 65.4 Å². The molecule has 0 aromatic heterocycles. The van der Waals surface area contributed by atoms with Crippen molar-refractivity contribution in [2.45, 2.75) is 62.3 Å². The van der Waals surface area contributed by atoms with Crippen LogP contribution in [0.15, 0.2) is 23.3 Å². The number of rotatable bonds is 10. The fourth-order valence-corrected chi connectivity index (χ4v) is 5.38. The topological polar surface area (TPSA) is 149 Å². The molecule has 0 rings (SSSR count). The summed E-state index contributed by atoms with van der Waals surface area (Å²) in [6.07, 6.45) is 7.12. The van der Waals surface area contributed by atoms with Crippen molar-refractivity contribution >= 4 is 45.0 Å². The summed E-state index contributed by atoms with van der Waals surface area (Å²) in [4.78, 5) is 39.4. The Hall–Kier alpha value is -1.84. The first-order valence-electron chi connectivity index (χ1n) is 8.49. The molecule has 0 amide bonds. The summed E-state index contributed by atoms with van der Waals surface area (Å²) in [5.41, 5.74) is -0.356. The van der Waals surface area contributed by atoms with Crippen molar-refractivity contribution in [3.05, 3.63) is 23.3 Å². The van der Waals surface area contributed by atoms with E-state index in [4.69, 9.17) is 20.4 Å². The Kier molecular flexibility index (Phi) is 22.7. The molecule has 0 heterocycles. The van der Waals surface area contributed by atoms with Gasteiger partial charge in [0.2, 0.25) is 0 Å². The minimum atomic E-state index is -1.24. The first-order valence-corrected chi connectivity index (χ1v) is 12.5. The molecular formula is C18H30O8Sn. The Morgan fingerprint density at radius 1 is 0.704 bits per heavy atom. The van der Waals surface area contributed by atoms with Crippen LogP contribution in [0.3, 0.4) is 0 Å². The zero-order valence-corrected chi connectivity index (χ0v) is 19.2. The Morgan fingerprint density at radius 3 is 1.15 bits per heavy atom. The van der Waals surface area contributed by atoms with E-state index in [-0.39, 0.29) is 32.3 Å². The molecule has 0 aromatic rings. The zero-order valence-electron chi connectivity index (χ0n) is 16.3. The monoisotopic (exact) mass is 494 g/mol. The molecule has 0 unspecified atom stereocenters. The summed E-state index contributed by atoms with van der Waals surface area (Å²) < 4.78 is 3.25. The van der Waals surface area contributed by atoms with Gasteiger partial charge in [0.15, 0.2) is 0 Å². The summed E-state index contributed by atoms with van der Waals surface area (Å²) in [6, 6.07) is 0. The molecule has 0 saturated heterocycles. The molecule has 0 aliphatic carbocycles. The Labute approximate surface area is 170 Å². The van der Waals surface area contributed by atoms with Crippen molar-refractivity contribution in [3.8, 4) is 0 Å². The maximum atomic E-state index is 9.90. The van der Waals surface area contributed by atoms with Crippen LogP contribution in [0.2, 0.25) is 8.87 Å². The molecule has 0 saturated carbocycles. The number of hydrogen-bond donors (Lipinski definition) is 4. The van der Waals surface area contributed by atoms with Crippen LogP contribution in [0, 0.1) is 0 Å². The van der Waals surface area contributed by atoms with Gasteiger partial charge in [-0.1, -0.05) is 0 Å². The van der Waals surface area contributed by atoms with E-state index in [1.165, 1.54) is 39.5 Å². The van der Waals surface area contributed by atoms with Crippen molar-refractivity contribution in [3.63, 3.8) is 0 Å². The molecule has 154 valence electrons. The van der Waals surface area contributed by atoms with Gasteiger partial charge in [0.05, 0.1) is 0 Å². The molecule has 0 atom stereocenters. The fraction of sp³-hybridized carbons (Fsp3) is 0.556. The summed E-state index contributed by atoms with van der Waals surface area (Å²) >= 11 is 0.149. The van der Waals surface area contributed by atoms with E-state index >= 15 is 0 Å². The van der Waals surface area contributed by atoms with E-state index in [9.17, 15) is 19.2 Å². The van der Waals surface area contributed by atoms with E-state index in [1.807, 2.05) is 0 Å². The van der Waals surface area contributed by atoms with Crippen LogP contribution >= 0.6 is 0 Å². The number of unbranched alkanes of at least 4 members (excludes halogenated alkanes) is 2. The average molecular weight is 493 g/mol. The number of carboxylic acids is 4. The van der Waals surface area contributed by atoms with Gasteiger partial charge in [-0.3, -0.25) is 0 Å².